The molecule has 0 fully saturated rings. The summed E-state index contributed by atoms with van der Waals surface area (Å²) in [6, 6.07) is 3.44. The van der Waals surface area contributed by atoms with E-state index in [1.54, 1.807) is 6.07 Å². The molecule has 0 unspecified atom stereocenters. The molecule has 0 aliphatic carbocycles. The lowest BCUT2D eigenvalue weighted by molar-refractivity contribution is 0.163. The van der Waals surface area contributed by atoms with Gasteiger partial charge in [-0.15, -0.1) is 0 Å². The topological polar surface area (TPSA) is 18.5 Å². The first kappa shape index (κ1) is 11.2. The van der Waals surface area contributed by atoms with Gasteiger partial charge in [0.2, 0.25) is 0 Å². The summed E-state index contributed by atoms with van der Waals surface area (Å²) in [7, 11) is 0. The highest BCUT2D eigenvalue weighted by atomic mass is 19.1. The van der Waals surface area contributed by atoms with Gasteiger partial charge in [-0.05, 0) is 29.5 Å². The zero-order valence-electron chi connectivity index (χ0n) is 9.97. The van der Waals surface area contributed by atoms with Crippen LogP contribution in [-0.2, 0) is 5.41 Å². The molecule has 0 bridgehead atoms. The summed E-state index contributed by atoms with van der Waals surface area (Å²) in [6.45, 7) is 7.19. The molecule has 1 aliphatic heterocycles. The van der Waals surface area contributed by atoms with Crippen molar-refractivity contribution >= 4 is 0 Å². The second kappa shape index (κ2) is 3.96. The first-order chi connectivity index (χ1) is 7.54. The Morgan fingerprint density at radius 1 is 1.25 bits per heavy atom. The van der Waals surface area contributed by atoms with Crippen molar-refractivity contribution in [3.05, 3.63) is 23.5 Å². The van der Waals surface area contributed by atoms with Gasteiger partial charge in [0.25, 0.3) is 0 Å². The fraction of sp³-hybridized carbons (Fsp3) is 0.538. The molecular formula is C13H17FO2. The van der Waals surface area contributed by atoms with E-state index >= 15 is 0 Å². The van der Waals surface area contributed by atoms with Gasteiger partial charge in [0.15, 0.2) is 17.3 Å². The summed E-state index contributed by atoms with van der Waals surface area (Å²) < 4.78 is 24.5. The zero-order valence-corrected chi connectivity index (χ0v) is 9.97. The van der Waals surface area contributed by atoms with Crippen molar-refractivity contribution in [2.75, 3.05) is 13.2 Å². The average molecular weight is 224 g/mol. The predicted molar refractivity (Wildman–Crippen MR) is 60.7 cm³/mol. The van der Waals surface area contributed by atoms with E-state index in [4.69, 9.17) is 9.47 Å². The van der Waals surface area contributed by atoms with E-state index in [9.17, 15) is 4.39 Å². The van der Waals surface area contributed by atoms with E-state index in [2.05, 4.69) is 20.8 Å². The van der Waals surface area contributed by atoms with Crippen molar-refractivity contribution in [3.63, 3.8) is 0 Å². The molecule has 0 saturated carbocycles. The van der Waals surface area contributed by atoms with Crippen molar-refractivity contribution in [2.24, 2.45) is 0 Å². The molecule has 16 heavy (non-hydrogen) atoms. The Balaban J connectivity index is 2.47. The quantitative estimate of drug-likeness (QED) is 0.767. The van der Waals surface area contributed by atoms with Crippen LogP contribution in [0.15, 0.2) is 12.1 Å². The number of rotatable bonds is 2. The summed E-state index contributed by atoms with van der Waals surface area (Å²) in [4.78, 5) is 0. The van der Waals surface area contributed by atoms with Gasteiger partial charge in [0.1, 0.15) is 13.2 Å². The minimum Gasteiger partial charge on any atom is -0.486 e. The van der Waals surface area contributed by atoms with Crippen molar-refractivity contribution in [1.29, 1.82) is 0 Å². The summed E-state index contributed by atoms with van der Waals surface area (Å²) in [5.74, 6) is 0.457. The molecule has 88 valence electrons. The lowest BCUT2D eigenvalue weighted by atomic mass is 9.82. The molecule has 0 aromatic heterocycles. The maximum absolute atomic E-state index is 13.8. The van der Waals surface area contributed by atoms with Gasteiger partial charge in [0, 0.05) is 0 Å². The zero-order chi connectivity index (χ0) is 11.8. The van der Waals surface area contributed by atoms with Crippen molar-refractivity contribution in [2.45, 2.75) is 32.6 Å². The van der Waals surface area contributed by atoms with Gasteiger partial charge in [-0.3, -0.25) is 0 Å². The molecule has 1 aliphatic rings. The third kappa shape index (κ3) is 1.86. The van der Waals surface area contributed by atoms with Crippen LogP contribution in [-0.4, -0.2) is 13.2 Å². The van der Waals surface area contributed by atoms with Gasteiger partial charge in [-0.2, -0.15) is 0 Å². The van der Waals surface area contributed by atoms with Crippen LogP contribution < -0.4 is 9.47 Å². The highest BCUT2D eigenvalue weighted by molar-refractivity contribution is 5.46. The van der Waals surface area contributed by atoms with E-state index in [1.807, 2.05) is 6.07 Å². The number of fused-ring (bicyclic) bond motifs is 1. The molecule has 1 aromatic carbocycles. The highest BCUT2D eigenvalue weighted by Gasteiger charge is 2.24. The number of halogens is 1. The summed E-state index contributed by atoms with van der Waals surface area (Å²) in [5, 5.41) is 0. The van der Waals surface area contributed by atoms with Gasteiger partial charge < -0.3 is 9.47 Å². The van der Waals surface area contributed by atoms with Crippen molar-refractivity contribution < 1.29 is 13.9 Å². The van der Waals surface area contributed by atoms with Crippen LogP contribution in [0.2, 0.25) is 0 Å². The average Bonchev–Trinajstić information content (AvgIpc) is 2.29. The van der Waals surface area contributed by atoms with Crippen LogP contribution in [0.1, 0.15) is 32.8 Å². The summed E-state index contributed by atoms with van der Waals surface area (Å²) >= 11 is 0. The molecule has 0 amide bonds. The van der Waals surface area contributed by atoms with E-state index in [0.29, 0.717) is 19.0 Å². The van der Waals surface area contributed by atoms with Crippen LogP contribution >= 0.6 is 0 Å². The van der Waals surface area contributed by atoms with E-state index in [-0.39, 0.29) is 17.0 Å². The molecular weight excluding hydrogens is 207 g/mol. The smallest absolute Gasteiger partial charge is 0.197 e. The van der Waals surface area contributed by atoms with Crippen LogP contribution in [0, 0.1) is 5.82 Å². The van der Waals surface area contributed by atoms with Gasteiger partial charge in [-0.1, -0.05) is 20.8 Å². The second-order valence-corrected chi connectivity index (χ2v) is 4.72. The molecule has 2 nitrogen and oxygen atoms in total. The minimum absolute atomic E-state index is 0.0450. The van der Waals surface area contributed by atoms with E-state index < -0.39 is 0 Å². The lowest BCUT2D eigenvalue weighted by Gasteiger charge is -2.26. The molecule has 0 saturated heterocycles. The maximum atomic E-state index is 13.8. The lowest BCUT2D eigenvalue weighted by Crippen LogP contribution is -2.20. The SMILES string of the molecule is CCC(C)(C)c1cc(F)c2c(c1)OCCO2. The fourth-order valence-electron chi connectivity index (χ4n) is 1.71. The monoisotopic (exact) mass is 224 g/mol. The van der Waals surface area contributed by atoms with Crippen LogP contribution in [0.3, 0.4) is 0 Å². The normalized spacial score (nSPS) is 15.0. The first-order valence-electron chi connectivity index (χ1n) is 5.64. The predicted octanol–water partition coefficient (Wildman–Crippen LogP) is 3.28. The maximum Gasteiger partial charge on any atom is 0.197 e. The van der Waals surface area contributed by atoms with Gasteiger partial charge in [-0.25, -0.2) is 4.39 Å². The second-order valence-electron chi connectivity index (χ2n) is 4.72. The molecule has 0 radical (unpaired) electrons. The Labute approximate surface area is 95.4 Å². The Morgan fingerprint density at radius 2 is 1.94 bits per heavy atom. The Kier molecular flexibility index (Phi) is 2.78. The number of hydrogen-bond donors (Lipinski definition) is 0. The summed E-state index contributed by atoms with van der Waals surface area (Å²) in [5.41, 5.74) is 0.910. The third-order valence-corrected chi connectivity index (χ3v) is 3.26. The van der Waals surface area contributed by atoms with Gasteiger partial charge in [0.05, 0.1) is 0 Å². The Morgan fingerprint density at radius 3 is 2.62 bits per heavy atom. The van der Waals surface area contributed by atoms with Crippen LogP contribution in [0.4, 0.5) is 4.39 Å². The molecule has 1 heterocycles. The number of hydrogen-bond acceptors (Lipinski definition) is 2. The van der Waals surface area contributed by atoms with Crippen LogP contribution in [0.25, 0.3) is 0 Å². The molecule has 2 rings (SSSR count). The van der Waals surface area contributed by atoms with Crippen molar-refractivity contribution in [3.8, 4) is 11.5 Å². The van der Waals surface area contributed by atoms with E-state index in [1.165, 1.54) is 0 Å². The molecule has 0 spiro atoms. The molecule has 1 aromatic rings. The van der Waals surface area contributed by atoms with E-state index in [0.717, 1.165) is 12.0 Å². The molecule has 3 heteroatoms. The summed E-state index contributed by atoms with van der Waals surface area (Å²) in [6.07, 6.45) is 0.950. The third-order valence-electron chi connectivity index (χ3n) is 3.26. The van der Waals surface area contributed by atoms with Crippen molar-refractivity contribution in [1.82, 2.24) is 0 Å². The van der Waals surface area contributed by atoms with Crippen LogP contribution in [0.5, 0.6) is 11.5 Å². The molecule has 0 N–H and O–H groups in total. The highest BCUT2D eigenvalue weighted by Crippen LogP contribution is 2.38. The standard InChI is InChI=1S/C13H17FO2/c1-4-13(2,3)9-7-10(14)12-11(8-9)15-5-6-16-12/h7-8H,4-6H2,1-3H3. The largest absolute Gasteiger partial charge is 0.486 e. The Bertz CT molecular complexity index is 399. The first-order valence-corrected chi connectivity index (χ1v) is 5.64. The fourth-order valence-corrected chi connectivity index (χ4v) is 1.71. The number of ether oxygens (including phenoxy) is 2. The number of benzene rings is 1. The van der Waals surface area contributed by atoms with Gasteiger partial charge >= 0.3 is 0 Å². The Hall–Kier alpha value is -1.25. The molecule has 0 atom stereocenters. The minimum atomic E-state index is -0.325.